The van der Waals surface area contributed by atoms with Crippen LogP contribution in [0.4, 0.5) is 36.1 Å². The van der Waals surface area contributed by atoms with E-state index < -0.39 is 11.7 Å². The Hall–Kier alpha value is -11.8. The van der Waals surface area contributed by atoms with Gasteiger partial charge in [0.1, 0.15) is 27.8 Å². The summed E-state index contributed by atoms with van der Waals surface area (Å²) in [7, 11) is 1.69. The zero-order chi connectivity index (χ0) is 84.2. The number of pyridine rings is 1. The molecular formula is C92H108F3N15O4S2. The summed E-state index contributed by atoms with van der Waals surface area (Å²) in [4.78, 5) is 27.6. The molecule has 8 aromatic heterocycles. The van der Waals surface area contributed by atoms with Crippen LogP contribution in [0, 0.1) is 0 Å². The minimum Gasteiger partial charge on any atom is -0.497 e. The number of aromatic nitrogens is 11. The maximum absolute atomic E-state index is 12.7. The second-order valence-electron chi connectivity index (χ2n) is 30.8. The Labute approximate surface area is 684 Å². The first-order valence-electron chi connectivity index (χ1n) is 38.9. The summed E-state index contributed by atoms with van der Waals surface area (Å²) in [6.45, 7) is 38.7. The van der Waals surface area contributed by atoms with E-state index in [0.29, 0.717) is 69.6 Å². The van der Waals surface area contributed by atoms with Crippen molar-refractivity contribution in [2.45, 2.75) is 184 Å². The van der Waals surface area contributed by atoms with E-state index in [2.05, 4.69) is 251 Å². The monoisotopic (exact) mass is 1610 g/mol. The van der Waals surface area contributed by atoms with E-state index in [9.17, 15) is 13.2 Å². The number of imidazole rings is 1. The number of nitrogens with one attached hydrogen (secondary N) is 2. The molecule has 116 heavy (non-hydrogen) atoms. The van der Waals surface area contributed by atoms with Gasteiger partial charge < -0.3 is 46.0 Å². The van der Waals surface area contributed by atoms with E-state index in [1.165, 1.54) is 72.6 Å². The molecular weight excluding hydrogens is 1500 g/mol. The number of para-hydroxylation sites is 1. The number of fused-ring (bicyclic) bond motifs is 8. The maximum Gasteiger partial charge on any atom is 0.418 e. The van der Waals surface area contributed by atoms with E-state index in [0.717, 1.165) is 83.6 Å². The Morgan fingerprint density at radius 2 is 0.940 bits per heavy atom. The third kappa shape index (κ3) is 24.4. The molecule has 10 N–H and O–H groups in total. The molecule has 17 rings (SSSR count). The number of nitrogens with zero attached hydrogens (tertiary/aromatic N) is 9. The molecule has 0 bridgehead atoms. The molecule has 0 aliphatic heterocycles. The van der Waals surface area contributed by atoms with Gasteiger partial charge in [0.05, 0.1) is 60.6 Å². The molecule has 17 aromatic rings. The van der Waals surface area contributed by atoms with Gasteiger partial charge in [-0.05, 0) is 213 Å². The normalized spacial score (nSPS) is 11.3. The van der Waals surface area contributed by atoms with E-state index in [-0.39, 0.29) is 17.4 Å². The Morgan fingerprint density at radius 3 is 1.55 bits per heavy atom. The summed E-state index contributed by atoms with van der Waals surface area (Å²) < 4.78 is 61.3. The number of oxazole rings is 2. The lowest BCUT2D eigenvalue weighted by molar-refractivity contribution is -0.136. The van der Waals surface area contributed by atoms with Gasteiger partial charge in [-0.3, -0.25) is 4.98 Å². The summed E-state index contributed by atoms with van der Waals surface area (Å²) in [5.74, 6) is 6.50. The fraction of sp³-hybridized carbons (Fsp3) is 0.315. The molecule has 0 aliphatic carbocycles. The van der Waals surface area contributed by atoms with Crippen LogP contribution in [0.3, 0.4) is 0 Å². The molecule has 608 valence electrons. The van der Waals surface area contributed by atoms with Crippen molar-refractivity contribution in [3.05, 3.63) is 250 Å². The Kier molecular flexibility index (Phi) is 30.8. The van der Waals surface area contributed by atoms with Gasteiger partial charge in [-0.15, -0.1) is 11.3 Å². The number of anilines is 4. The lowest BCUT2D eigenvalue weighted by atomic mass is 10.0. The SMILES string of the molecule is CC(C)c1ccc2c(N)noc2c1.CC(C)c1ccc2n[nH]nc2c1.CC(C)c1ccc2nc(N)[nH]c2c1.CC(C)c1ccc2nc(N)oc2c1.CC(C)c1ccc2nc(N)sc2c1.CC(C)c1ccc2ncoc2c1.CC(C)c1ccc2ncsc2c1.CC(C)c1cnc2c(C(F)(F)F)cccc2c1.COc1cccc(C(C)C)c1. The highest BCUT2D eigenvalue weighted by molar-refractivity contribution is 7.22. The van der Waals surface area contributed by atoms with Gasteiger partial charge in [0.15, 0.2) is 40.0 Å². The van der Waals surface area contributed by atoms with E-state index in [4.69, 9.17) is 41.0 Å². The Bertz CT molecular complexity index is 5550. The number of aromatic amines is 2. The number of H-pyrrole nitrogens is 2. The average Bonchev–Trinajstić information content (AvgIpc) is 1.53. The van der Waals surface area contributed by atoms with Gasteiger partial charge >= 0.3 is 6.18 Å². The minimum absolute atomic E-state index is 0.0180. The number of ether oxygens (including phenoxy) is 1. The summed E-state index contributed by atoms with van der Waals surface area (Å²) in [5, 5.41) is 16.4. The lowest BCUT2D eigenvalue weighted by Gasteiger charge is -2.11. The first-order chi connectivity index (χ1) is 55.1. The Morgan fingerprint density at radius 1 is 0.431 bits per heavy atom. The molecule has 0 atom stereocenters. The smallest absolute Gasteiger partial charge is 0.418 e. The van der Waals surface area contributed by atoms with Crippen molar-refractivity contribution in [3.8, 4) is 5.75 Å². The van der Waals surface area contributed by atoms with Gasteiger partial charge in [0.2, 0.25) is 0 Å². The van der Waals surface area contributed by atoms with Crippen molar-refractivity contribution >= 4 is 132 Å². The van der Waals surface area contributed by atoms with Crippen molar-refractivity contribution in [1.29, 1.82) is 0 Å². The van der Waals surface area contributed by atoms with Crippen molar-refractivity contribution in [2.75, 3.05) is 30.0 Å². The quantitative estimate of drug-likeness (QED) is 0.0741. The van der Waals surface area contributed by atoms with E-state index in [1.807, 2.05) is 86.1 Å². The van der Waals surface area contributed by atoms with E-state index >= 15 is 0 Å². The number of thiazole rings is 2. The maximum atomic E-state index is 12.7. The fourth-order valence-corrected chi connectivity index (χ4v) is 13.3. The molecule has 0 radical (unpaired) electrons. The van der Waals surface area contributed by atoms with E-state index in [1.54, 1.807) is 41.9 Å². The summed E-state index contributed by atoms with van der Waals surface area (Å²) in [5.41, 5.74) is 44.9. The number of halogens is 3. The lowest BCUT2D eigenvalue weighted by Crippen LogP contribution is -2.06. The molecule has 0 fully saturated rings. The summed E-state index contributed by atoms with van der Waals surface area (Å²) in [6.07, 6.45) is -1.36. The molecule has 0 saturated carbocycles. The first kappa shape index (κ1) is 88.2. The van der Waals surface area contributed by atoms with Crippen LogP contribution in [0.5, 0.6) is 5.75 Å². The third-order valence-electron chi connectivity index (χ3n) is 19.1. The highest BCUT2D eigenvalue weighted by Crippen LogP contribution is 2.36. The van der Waals surface area contributed by atoms with Crippen LogP contribution in [-0.4, -0.2) is 62.6 Å². The second-order valence-corrected chi connectivity index (χ2v) is 32.8. The third-order valence-corrected chi connectivity index (χ3v) is 20.7. The largest absolute Gasteiger partial charge is 0.497 e. The number of hydrogen-bond acceptors (Lipinski definition) is 19. The van der Waals surface area contributed by atoms with Gasteiger partial charge in [0, 0.05) is 11.6 Å². The number of methoxy groups -OCH3 is 1. The molecule has 8 heterocycles. The molecule has 9 aromatic carbocycles. The number of benzene rings is 9. The van der Waals surface area contributed by atoms with Gasteiger partial charge in [-0.1, -0.05) is 208 Å². The number of hydrogen-bond donors (Lipinski definition) is 6. The van der Waals surface area contributed by atoms with Crippen molar-refractivity contribution in [1.82, 2.24) is 55.5 Å². The van der Waals surface area contributed by atoms with Gasteiger partial charge in [-0.2, -0.15) is 33.6 Å². The van der Waals surface area contributed by atoms with Crippen LogP contribution in [0.25, 0.3) is 86.6 Å². The molecule has 0 unspecified atom stereocenters. The molecule has 0 aliphatic rings. The standard InChI is InChI=1S/C13H12F3N.C10H13N3.2C10H12N2O.C10H12N2S.C10H11NO.C10H11NS.C10H14O.C9H11N3/c1-8(2)10-6-9-4-3-5-11(13(14,15)16)12(9)17-7-10;2*1-6(2)7-3-4-8-9(5-7)13-10(11)12-8;1-6(2)7-3-4-8-9(5-7)13-12-10(8)11;1-6(2)7-3-4-8-9(5-7)13-10(11)12-8;2*1-7(2)8-3-4-9-10(5-8)12-6-11-9;1-8(2)9-5-4-6-10(7-9)11-3;1-6(2)7-3-4-8-9(5-7)11-12-10-8/h3-8H,1-2H3;3-6H,1-2H3,(H3,11,12,13);3*3-6H,1-2H3,(H2,11,12);2*3-7H,1-2H3;4-8H,1-3H3;3-6H,1-2H3,(H,10,11,12). The molecule has 19 nitrogen and oxygen atoms in total. The highest BCUT2D eigenvalue weighted by atomic mass is 32.1. The number of rotatable bonds is 10. The van der Waals surface area contributed by atoms with Crippen LogP contribution < -0.4 is 27.7 Å². The number of alkyl halides is 3. The highest BCUT2D eigenvalue weighted by Gasteiger charge is 2.33. The zero-order valence-corrected chi connectivity index (χ0v) is 71.2. The topological polar surface area (TPSA) is 300 Å². The number of nitrogens with two attached hydrogens (primary N) is 4. The molecule has 0 amide bonds. The second kappa shape index (κ2) is 40.5. The van der Waals surface area contributed by atoms with Gasteiger partial charge in [0.25, 0.3) is 6.01 Å². The van der Waals surface area contributed by atoms with Crippen LogP contribution in [-0.2, 0) is 6.18 Å². The van der Waals surface area contributed by atoms with Crippen molar-refractivity contribution in [3.63, 3.8) is 0 Å². The first-order valence-corrected chi connectivity index (χ1v) is 40.6. The van der Waals surface area contributed by atoms with Crippen LogP contribution in [0.2, 0.25) is 0 Å². The van der Waals surface area contributed by atoms with Crippen LogP contribution >= 0.6 is 22.7 Å². The predicted octanol–water partition coefficient (Wildman–Crippen LogP) is 26.0. The fourth-order valence-electron chi connectivity index (χ4n) is 11.8. The van der Waals surface area contributed by atoms with Crippen molar-refractivity contribution < 1.29 is 31.3 Å². The summed E-state index contributed by atoms with van der Waals surface area (Å²) in [6, 6.07) is 57.6. The molecule has 0 saturated heterocycles. The zero-order valence-electron chi connectivity index (χ0n) is 69.6. The van der Waals surface area contributed by atoms with Gasteiger partial charge in [-0.25, -0.2) is 19.9 Å². The minimum atomic E-state index is -4.36. The van der Waals surface area contributed by atoms with Crippen molar-refractivity contribution in [2.24, 2.45) is 0 Å². The Balaban J connectivity index is 0.000000149. The number of nitrogen functional groups attached to an aromatic ring is 4. The van der Waals surface area contributed by atoms with Crippen LogP contribution in [0.1, 0.15) is 234 Å². The predicted molar refractivity (Wildman–Crippen MR) is 475 cm³/mol. The van der Waals surface area contributed by atoms with Crippen LogP contribution in [0.15, 0.2) is 207 Å². The molecule has 24 heteroatoms. The summed E-state index contributed by atoms with van der Waals surface area (Å²) >= 11 is 3.26. The molecule has 0 spiro atoms. The average molecular weight is 1610 g/mol.